The number of hydrogen-bond acceptors (Lipinski definition) is 4. The molecule has 1 aromatic carbocycles. The lowest BCUT2D eigenvalue weighted by atomic mass is 9.82. The Balaban J connectivity index is 1.68. The molecule has 3 aliphatic rings. The van der Waals surface area contributed by atoms with Crippen LogP contribution in [0.25, 0.3) is 11.1 Å². The Hall–Kier alpha value is -2.60. The Morgan fingerprint density at radius 2 is 2.12 bits per heavy atom. The minimum atomic E-state index is -1.39. The van der Waals surface area contributed by atoms with E-state index in [0.29, 0.717) is 16.3 Å². The first-order chi connectivity index (χ1) is 12.4. The standard InChI is InChI=1S/C19H17ClN4O2/c1-18(16(21)25)11-6-9(2-3-12(11)24-17(18)26)10-7-22-15-13(14(10)20)19(4-5-19)8-23-15/h2-3,6-7H,4-5,8H2,1H3,(H2,21,25)(H,22,23)(H,24,26)/t18-/m1/s1. The predicted octanol–water partition coefficient (Wildman–Crippen LogP) is 2.55. The van der Waals surface area contributed by atoms with Gasteiger partial charge < -0.3 is 16.4 Å². The summed E-state index contributed by atoms with van der Waals surface area (Å²) in [6.07, 6.45) is 3.96. The van der Waals surface area contributed by atoms with E-state index in [1.165, 1.54) is 0 Å². The number of pyridine rings is 1. The normalized spacial score (nSPS) is 24.0. The number of nitrogens with zero attached hydrogens (tertiary/aromatic N) is 1. The van der Waals surface area contributed by atoms with Gasteiger partial charge in [-0.1, -0.05) is 17.7 Å². The Bertz CT molecular complexity index is 1010. The molecule has 1 saturated carbocycles. The van der Waals surface area contributed by atoms with Crippen LogP contribution in [0.5, 0.6) is 0 Å². The number of anilines is 2. The first-order valence-electron chi connectivity index (χ1n) is 8.56. The van der Waals surface area contributed by atoms with Crippen LogP contribution in [0.4, 0.5) is 11.5 Å². The number of halogens is 1. The van der Waals surface area contributed by atoms with Crippen LogP contribution in [0, 0.1) is 0 Å². The highest BCUT2D eigenvalue weighted by Gasteiger charge is 2.51. The van der Waals surface area contributed by atoms with E-state index in [0.717, 1.165) is 41.9 Å². The second kappa shape index (κ2) is 4.76. The van der Waals surface area contributed by atoms with E-state index < -0.39 is 17.2 Å². The van der Waals surface area contributed by atoms with Crippen LogP contribution in [-0.4, -0.2) is 23.3 Å². The third-order valence-corrected chi connectivity index (χ3v) is 6.45. The van der Waals surface area contributed by atoms with Gasteiger partial charge in [0.2, 0.25) is 11.8 Å². The minimum Gasteiger partial charge on any atom is -0.369 e. The van der Waals surface area contributed by atoms with E-state index in [2.05, 4.69) is 15.6 Å². The number of primary amides is 1. The average Bonchev–Trinajstić information content (AvgIpc) is 3.22. The SMILES string of the molecule is C[C@@]1(C(N)=O)C(=O)Nc2ccc(-c3cnc4c(c3Cl)C3(CC3)CN4)cc21. The number of carbonyl (C=O) groups excluding carboxylic acids is 2. The van der Waals surface area contributed by atoms with Crippen molar-refractivity contribution < 1.29 is 9.59 Å². The number of nitrogens with one attached hydrogen (secondary N) is 2. The monoisotopic (exact) mass is 368 g/mol. The van der Waals surface area contributed by atoms with Crippen LogP contribution in [0.2, 0.25) is 5.02 Å². The zero-order valence-corrected chi connectivity index (χ0v) is 14.9. The highest BCUT2D eigenvalue weighted by Crippen LogP contribution is 2.57. The van der Waals surface area contributed by atoms with Crippen molar-refractivity contribution in [3.05, 3.63) is 40.5 Å². The number of carbonyl (C=O) groups is 2. The molecule has 26 heavy (non-hydrogen) atoms. The summed E-state index contributed by atoms with van der Waals surface area (Å²) in [6, 6.07) is 5.48. The summed E-state index contributed by atoms with van der Waals surface area (Å²) >= 11 is 6.77. The molecule has 6 nitrogen and oxygen atoms in total. The van der Waals surface area contributed by atoms with Crippen LogP contribution in [-0.2, 0) is 20.4 Å². The Labute approximate surface area is 155 Å². The van der Waals surface area contributed by atoms with Crippen molar-refractivity contribution in [2.45, 2.75) is 30.6 Å². The van der Waals surface area contributed by atoms with E-state index in [-0.39, 0.29) is 5.41 Å². The van der Waals surface area contributed by atoms with Gasteiger partial charge in [-0.05, 0) is 37.5 Å². The highest BCUT2D eigenvalue weighted by atomic mass is 35.5. The summed E-state index contributed by atoms with van der Waals surface area (Å²) in [5.41, 5.74) is 8.13. The number of benzene rings is 1. The third-order valence-electron chi connectivity index (χ3n) is 6.06. The average molecular weight is 369 g/mol. The van der Waals surface area contributed by atoms with Crippen molar-refractivity contribution in [2.24, 2.45) is 5.73 Å². The number of aromatic nitrogens is 1. The van der Waals surface area contributed by atoms with Crippen molar-refractivity contribution in [3.8, 4) is 11.1 Å². The third kappa shape index (κ3) is 1.80. The fourth-order valence-electron chi connectivity index (χ4n) is 4.08. The largest absolute Gasteiger partial charge is 0.369 e. The van der Waals surface area contributed by atoms with Crippen LogP contribution >= 0.6 is 11.6 Å². The van der Waals surface area contributed by atoms with Crippen LogP contribution in [0.1, 0.15) is 30.9 Å². The fourth-order valence-corrected chi connectivity index (χ4v) is 4.52. The molecule has 1 spiro atoms. The molecular formula is C19H17ClN4O2. The zero-order valence-electron chi connectivity index (χ0n) is 14.1. The lowest BCUT2D eigenvalue weighted by Gasteiger charge is -2.18. The molecule has 0 saturated heterocycles. The van der Waals surface area contributed by atoms with Gasteiger partial charge in [0.25, 0.3) is 0 Å². The summed E-state index contributed by atoms with van der Waals surface area (Å²) in [5.74, 6) is -0.224. The summed E-state index contributed by atoms with van der Waals surface area (Å²) in [7, 11) is 0. The first-order valence-corrected chi connectivity index (χ1v) is 8.94. The number of rotatable bonds is 2. The van der Waals surface area contributed by atoms with Gasteiger partial charge in [-0.25, -0.2) is 4.98 Å². The summed E-state index contributed by atoms with van der Waals surface area (Å²) in [5, 5.41) is 6.76. The number of fused-ring (bicyclic) bond motifs is 3. The molecule has 4 N–H and O–H groups in total. The number of nitrogens with two attached hydrogens (primary N) is 1. The van der Waals surface area contributed by atoms with Crippen LogP contribution < -0.4 is 16.4 Å². The molecule has 0 radical (unpaired) electrons. The van der Waals surface area contributed by atoms with E-state index in [4.69, 9.17) is 17.3 Å². The zero-order chi connectivity index (χ0) is 18.3. The van der Waals surface area contributed by atoms with E-state index >= 15 is 0 Å². The minimum absolute atomic E-state index is 0.116. The highest BCUT2D eigenvalue weighted by molar-refractivity contribution is 6.34. The molecule has 2 aliphatic heterocycles. The number of hydrogen-bond donors (Lipinski definition) is 3. The van der Waals surface area contributed by atoms with Gasteiger partial charge in [0.05, 0.1) is 5.02 Å². The van der Waals surface area contributed by atoms with Crippen molar-refractivity contribution in [2.75, 3.05) is 17.2 Å². The molecule has 1 aromatic heterocycles. The molecule has 1 aliphatic carbocycles. The molecule has 0 unspecified atom stereocenters. The maximum atomic E-state index is 12.3. The second-order valence-electron chi connectivity index (χ2n) is 7.55. The van der Waals surface area contributed by atoms with E-state index in [9.17, 15) is 9.59 Å². The van der Waals surface area contributed by atoms with E-state index in [1.54, 1.807) is 19.2 Å². The first kappa shape index (κ1) is 15.6. The second-order valence-corrected chi connectivity index (χ2v) is 7.93. The molecule has 0 bridgehead atoms. The molecule has 1 fully saturated rings. The lowest BCUT2D eigenvalue weighted by molar-refractivity contribution is -0.131. The predicted molar refractivity (Wildman–Crippen MR) is 99.3 cm³/mol. The fraction of sp³-hybridized carbons (Fsp3) is 0.316. The van der Waals surface area contributed by atoms with Crippen molar-refractivity contribution in [1.29, 1.82) is 0 Å². The molecule has 2 aromatic rings. The molecular weight excluding hydrogens is 352 g/mol. The van der Waals surface area contributed by atoms with Gasteiger partial charge in [-0.2, -0.15) is 0 Å². The van der Waals surface area contributed by atoms with Gasteiger partial charge in [-0.15, -0.1) is 0 Å². The summed E-state index contributed by atoms with van der Waals surface area (Å²) < 4.78 is 0. The van der Waals surface area contributed by atoms with Gasteiger partial charge in [0.15, 0.2) is 5.41 Å². The van der Waals surface area contributed by atoms with Crippen molar-refractivity contribution in [3.63, 3.8) is 0 Å². The van der Waals surface area contributed by atoms with Crippen molar-refractivity contribution in [1.82, 2.24) is 4.98 Å². The summed E-state index contributed by atoms with van der Waals surface area (Å²) in [4.78, 5) is 28.8. The molecule has 1 atom stereocenters. The maximum Gasteiger partial charge on any atom is 0.244 e. The Morgan fingerprint density at radius 3 is 2.81 bits per heavy atom. The molecule has 5 rings (SSSR count). The molecule has 132 valence electrons. The number of amides is 2. The molecule has 2 amide bonds. The van der Waals surface area contributed by atoms with Crippen LogP contribution in [0.15, 0.2) is 24.4 Å². The smallest absolute Gasteiger partial charge is 0.244 e. The van der Waals surface area contributed by atoms with Crippen LogP contribution in [0.3, 0.4) is 0 Å². The Kier molecular flexibility index (Phi) is 2.87. The van der Waals surface area contributed by atoms with Gasteiger partial charge >= 0.3 is 0 Å². The van der Waals surface area contributed by atoms with Gasteiger partial charge in [0.1, 0.15) is 5.82 Å². The quantitative estimate of drug-likeness (QED) is 0.709. The van der Waals surface area contributed by atoms with Crippen molar-refractivity contribution >= 4 is 34.9 Å². The lowest BCUT2D eigenvalue weighted by Crippen LogP contribution is -2.44. The molecule has 7 heteroatoms. The Morgan fingerprint density at radius 1 is 1.35 bits per heavy atom. The molecule has 3 heterocycles. The van der Waals surface area contributed by atoms with Gasteiger partial charge in [0, 0.05) is 40.5 Å². The summed E-state index contributed by atoms with van der Waals surface area (Å²) in [6.45, 7) is 2.42. The topological polar surface area (TPSA) is 97.1 Å². The maximum absolute atomic E-state index is 12.3. The van der Waals surface area contributed by atoms with Gasteiger partial charge in [-0.3, -0.25) is 9.59 Å². The van der Waals surface area contributed by atoms with E-state index in [1.807, 2.05) is 12.1 Å².